The molecule has 4 nitrogen and oxygen atoms in total. The molecule has 0 radical (unpaired) electrons. The van der Waals surface area contributed by atoms with Gasteiger partial charge < -0.3 is 9.88 Å². The number of nitrogens with one attached hydrogen (secondary N) is 1. The zero-order chi connectivity index (χ0) is 14.7. The maximum Gasteiger partial charge on any atom is 0.224 e. The highest BCUT2D eigenvalue weighted by atomic mass is 32.1. The van der Waals surface area contributed by atoms with E-state index in [2.05, 4.69) is 21.8 Å². The summed E-state index contributed by atoms with van der Waals surface area (Å²) in [5, 5.41) is 6.04. The van der Waals surface area contributed by atoms with Crippen LogP contribution in [0.3, 0.4) is 0 Å². The van der Waals surface area contributed by atoms with Gasteiger partial charge in [0, 0.05) is 29.2 Å². The van der Waals surface area contributed by atoms with Crippen LogP contribution < -0.4 is 5.32 Å². The summed E-state index contributed by atoms with van der Waals surface area (Å²) in [6.07, 6.45) is 4.21. The zero-order valence-electron chi connectivity index (χ0n) is 11.9. The molecule has 1 amide bonds. The monoisotopic (exact) mass is 299 g/mol. The Balaban J connectivity index is 1.73. The minimum absolute atomic E-state index is 0.0439. The van der Waals surface area contributed by atoms with Crippen LogP contribution >= 0.6 is 11.3 Å². The number of carbonyl (C=O) groups is 1. The Bertz CT molecular complexity index is 746. The predicted molar refractivity (Wildman–Crippen MR) is 85.3 cm³/mol. The lowest BCUT2D eigenvalue weighted by molar-refractivity contribution is -0.120. The molecule has 3 heterocycles. The van der Waals surface area contributed by atoms with Crippen LogP contribution in [-0.4, -0.2) is 15.5 Å². The maximum atomic E-state index is 12.1. The van der Waals surface area contributed by atoms with Crippen LogP contribution in [0.4, 0.5) is 0 Å². The highest BCUT2D eigenvalue weighted by Crippen LogP contribution is 2.19. The summed E-state index contributed by atoms with van der Waals surface area (Å²) in [4.78, 5) is 17.7. The number of nitrogens with zero attached hydrogens (tertiary/aromatic N) is 2. The van der Waals surface area contributed by atoms with E-state index >= 15 is 0 Å². The summed E-state index contributed by atoms with van der Waals surface area (Å²) in [7, 11) is 0. The Labute approximate surface area is 127 Å². The Morgan fingerprint density at radius 3 is 3.05 bits per heavy atom. The first-order valence-electron chi connectivity index (χ1n) is 6.99. The van der Waals surface area contributed by atoms with Gasteiger partial charge in [-0.2, -0.15) is 0 Å². The molecular weight excluding hydrogens is 282 g/mol. The average Bonchev–Trinajstić information content (AvgIpc) is 3.13. The number of aryl methyl sites for hydroxylation is 1. The van der Waals surface area contributed by atoms with Crippen molar-refractivity contribution in [1.82, 2.24) is 14.9 Å². The van der Waals surface area contributed by atoms with Crippen LogP contribution in [0.5, 0.6) is 0 Å². The normalized spacial score (nSPS) is 10.9. The predicted octanol–water partition coefficient (Wildman–Crippen LogP) is 2.98. The molecule has 0 atom stereocenters. The highest BCUT2D eigenvalue weighted by Gasteiger charge is 2.11. The first-order valence-corrected chi connectivity index (χ1v) is 7.87. The molecule has 0 aliphatic heterocycles. The van der Waals surface area contributed by atoms with Crippen molar-refractivity contribution >= 4 is 28.3 Å². The molecule has 0 aliphatic carbocycles. The molecule has 21 heavy (non-hydrogen) atoms. The van der Waals surface area contributed by atoms with E-state index in [4.69, 9.17) is 0 Å². The van der Waals surface area contributed by atoms with Gasteiger partial charge in [-0.05, 0) is 36.1 Å². The second-order valence-corrected chi connectivity index (χ2v) is 5.88. The second kappa shape index (κ2) is 6.10. The second-order valence-electron chi connectivity index (χ2n) is 4.85. The Hall–Kier alpha value is -2.14. The van der Waals surface area contributed by atoms with E-state index in [-0.39, 0.29) is 5.91 Å². The van der Waals surface area contributed by atoms with Gasteiger partial charge in [0.1, 0.15) is 5.65 Å². The number of thiophene rings is 1. The molecule has 0 aliphatic rings. The Kier molecular flexibility index (Phi) is 4.01. The van der Waals surface area contributed by atoms with Crippen molar-refractivity contribution < 1.29 is 4.79 Å². The van der Waals surface area contributed by atoms with Crippen LogP contribution in [0.25, 0.3) is 11.0 Å². The van der Waals surface area contributed by atoms with Crippen molar-refractivity contribution in [3.63, 3.8) is 0 Å². The first kappa shape index (κ1) is 13.8. The molecule has 0 saturated carbocycles. The zero-order valence-corrected chi connectivity index (χ0v) is 12.7. The third-order valence-electron chi connectivity index (χ3n) is 3.45. The molecular formula is C16H17N3OS. The molecule has 3 aromatic rings. The van der Waals surface area contributed by atoms with Crippen LogP contribution in [0.15, 0.2) is 42.0 Å². The SMILES string of the molecule is CCn1cc(CC(=O)NCc2cccs2)c2cccnc21. The van der Waals surface area contributed by atoms with Crippen LogP contribution in [0.1, 0.15) is 17.4 Å². The lowest BCUT2D eigenvalue weighted by Gasteiger charge is -2.02. The van der Waals surface area contributed by atoms with Crippen molar-refractivity contribution in [2.75, 3.05) is 0 Å². The van der Waals surface area contributed by atoms with E-state index in [0.717, 1.165) is 23.1 Å². The molecule has 0 saturated heterocycles. The number of aromatic nitrogens is 2. The highest BCUT2D eigenvalue weighted by molar-refractivity contribution is 7.09. The fourth-order valence-corrected chi connectivity index (χ4v) is 3.06. The Morgan fingerprint density at radius 2 is 2.29 bits per heavy atom. The molecule has 0 fully saturated rings. The smallest absolute Gasteiger partial charge is 0.224 e. The molecule has 0 aromatic carbocycles. The van der Waals surface area contributed by atoms with Crippen molar-refractivity contribution in [2.45, 2.75) is 26.4 Å². The molecule has 3 rings (SSSR count). The summed E-state index contributed by atoms with van der Waals surface area (Å²) < 4.78 is 2.08. The minimum Gasteiger partial charge on any atom is -0.351 e. The molecule has 3 aromatic heterocycles. The topological polar surface area (TPSA) is 46.9 Å². The van der Waals surface area contributed by atoms with E-state index in [1.807, 2.05) is 35.8 Å². The van der Waals surface area contributed by atoms with Crippen molar-refractivity contribution in [2.24, 2.45) is 0 Å². The average molecular weight is 299 g/mol. The first-order chi connectivity index (χ1) is 10.3. The van der Waals surface area contributed by atoms with Gasteiger partial charge in [0.05, 0.1) is 13.0 Å². The van der Waals surface area contributed by atoms with E-state index in [9.17, 15) is 4.79 Å². The summed E-state index contributed by atoms with van der Waals surface area (Å²) >= 11 is 1.65. The number of carbonyl (C=O) groups excluding carboxylic acids is 1. The van der Waals surface area contributed by atoms with Crippen molar-refractivity contribution in [1.29, 1.82) is 0 Å². The summed E-state index contributed by atoms with van der Waals surface area (Å²) in [5.74, 6) is 0.0439. The van der Waals surface area contributed by atoms with Gasteiger partial charge in [-0.1, -0.05) is 6.07 Å². The van der Waals surface area contributed by atoms with E-state index in [0.29, 0.717) is 13.0 Å². The van der Waals surface area contributed by atoms with Gasteiger partial charge in [0.15, 0.2) is 0 Å². The third kappa shape index (κ3) is 2.97. The quantitative estimate of drug-likeness (QED) is 0.787. The van der Waals surface area contributed by atoms with Gasteiger partial charge in [-0.25, -0.2) is 4.98 Å². The van der Waals surface area contributed by atoms with Gasteiger partial charge in [-0.15, -0.1) is 11.3 Å². The number of rotatable bonds is 5. The fraction of sp³-hybridized carbons (Fsp3) is 0.250. The van der Waals surface area contributed by atoms with Crippen molar-refractivity contribution in [3.05, 3.63) is 52.5 Å². The van der Waals surface area contributed by atoms with E-state index in [1.165, 1.54) is 4.88 Å². The van der Waals surface area contributed by atoms with Crippen LogP contribution in [0, 0.1) is 0 Å². The Morgan fingerprint density at radius 1 is 1.38 bits per heavy atom. The number of hydrogen-bond donors (Lipinski definition) is 1. The summed E-state index contributed by atoms with van der Waals surface area (Å²) in [6.45, 7) is 3.53. The number of fused-ring (bicyclic) bond motifs is 1. The fourth-order valence-electron chi connectivity index (χ4n) is 2.41. The van der Waals surface area contributed by atoms with Gasteiger partial charge in [-0.3, -0.25) is 4.79 Å². The lowest BCUT2D eigenvalue weighted by atomic mass is 10.1. The maximum absolute atomic E-state index is 12.1. The van der Waals surface area contributed by atoms with Gasteiger partial charge in [0.25, 0.3) is 0 Å². The molecule has 1 N–H and O–H groups in total. The number of hydrogen-bond acceptors (Lipinski definition) is 3. The largest absolute Gasteiger partial charge is 0.351 e. The van der Waals surface area contributed by atoms with Gasteiger partial charge in [0.2, 0.25) is 5.91 Å². The standard InChI is InChI=1S/C16H17N3OS/c1-2-19-11-12(14-6-3-7-17-16(14)19)9-15(20)18-10-13-5-4-8-21-13/h3-8,11H,2,9-10H2,1H3,(H,18,20). The summed E-state index contributed by atoms with van der Waals surface area (Å²) in [5.41, 5.74) is 1.98. The van der Waals surface area contributed by atoms with Crippen LogP contribution in [0.2, 0.25) is 0 Å². The molecule has 0 bridgehead atoms. The van der Waals surface area contributed by atoms with Crippen LogP contribution in [-0.2, 0) is 24.3 Å². The van der Waals surface area contributed by atoms with Gasteiger partial charge >= 0.3 is 0 Å². The van der Waals surface area contributed by atoms with E-state index < -0.39 is 0 Å². The molecule has 0 spiro atoms. The molecule has 0 unspecified atom stereocenters. The molecule has 108 valence electrons. The number of amides is 1. The minimum atomic E-state index is 0.0439. The van der Waals surface area contributed by atoms with Crippen molar-refractivity contribution in [3.8, 4) is 0 Å². The lowest BCUT2D eigenvalue weighted by Crippen LogP contribution is -2.24. The van der Waals surface area contributed by atoms with E-state index in [1.54, 1.807) is 17.5 Å². The third-order valence-corrected chi connectivity index (χ3v) is 4.32. The number of pyridine rings is 1. The molecule has 5 heteroatoms. The summed E-state index contributed by atoms with van der Waals surface area (Å²) in [6, 6.07) is 7.95.